The van der Waals surface area contributed by atoms with E-state index in [1.807, 2.05) is 72.8 Å². The highest BCUT2D eigenvalue weighted by atomic mass is 16.5. The molecule has 0 aromatic heterocycles. The number of hydrogen-bond acceptors (Lipinski definition) is 4. The van der Waals surface area contributed by atoms with Gasteiger partial charge in [0.1, 0.15) is 18.5 Å². The van der Waals surface area contributed by atoms with Crippen LogP contribution in [0.5, 0.6) is 5.75 Å². The summed E-state index contributed by atoms with van der Waals surface area (Å²) in [5.41, 5.74) is 3.72. The van der Waals surface area contributed by atoms with Crippen LogP contribution in [0.15, 0.2) is 78.9 Å². The number of hydrogen-bond donors (Lipinski definition) is 1. The largest absolute Gasteiger partial charge is 0.489 e. The minimum absolute atomic E-state index is 0.0137. The zero-order valence-corrected chi connectivity index (χ0v) is 15.9. The average Bonchev–Trinajstić information content (AvgIpc) is 3.14. The van der Waals surface area contributed by atoms with Crippen molar-refractivity contribution in [1.29, 1.82) is 5.26 Å². The maximum atomic E-state index is 12.0. The fourth-order valence-corrected chi connectivity index (χ4v) is 3.45. The van der Waals surface area contributed by atoms with Crippen molar-refractivity contribution >= 4 is 5.91 Å². The van der Waals surface area contributed by atoms with Crippen molar-refractivity contribution in [2.24, 2.45) is 0 Å². The summed E-state index contributed by atoms with van der Waals surface area (Å²) in [5.74, 6) is 0.798. The Hall–Kier alpha value is -3.62. The van der Waals surface area contributed by atoms with Crippen LogP contribution in [0.25, 0.3) is 0 Å². The normalized spacial score (nSPS) is 16.2. The van der Waals surface area contributed by atoms with Crippen molar-refractivity contribution in [3.63, 3.8) is 0 Å². The molecule has 3 aromatic rings. The number of rotatable bonds is 6. The van der Waals surface area contributed by atoms with Gasteiger partial charge in [-0.05, 0) is 41.0 Å². The van der Waals surface area contributed by atoms with Gasteiger partial charge in [0.15, 0.2) is 0 Å². The second-order valence-corrected chi connectivity index (χ2v) is 7.03. The first kappa shape index (κ1) is 18.7. The summed E-state index contributed by atoms with van der Waals surface area (Å²) < 4.78 is 5.84. The Bertz CT molecular complexity index is 1030. The van der Waals surface area contributed by atoms with E-state index in [1.54, 1.807) is 6.07 Å². The highest BCUT2D eigenvalue weighted by Crippen LogP contribution is 2.25. The summed E-state index contributed by atoms with van der Waals surface area (Å²) in [6.07, 6.45) is -0.232. The third-order valence-corrected chi connectivity index (χ3v) is 4.90. The molecule has 0 saturated carbocycles. The molecule has 1 atom stereocenters. The van der Waals surface area contributed by atoms with Crippen molar-refractivity contribution < 1.29 is 9.53 Å². The first-order valence-electron chi connectivity index (χ1n) is 9.50. The molecule has 0 spiro atoms. The van der Waals surface area contributed by atoms with Gasteiger partial charge in [0.2, 0.25) is 5.91 Å². The van der Waals surface area contributed by atoms with Gasteiger partial charge < -0.3 is 10.1 Å². The molecule has 4 rings (SSSR count). The van der Waals surface area contributed by atoms with Gasteiger partial charge in [0, 0.05) is 6.54 Å². The van der Waals surface area contributed by atoms with E-state index in [0.29, 0.717) is 25.3 Å². The maximum Gasteiger partial charge on any atom is 0.235 e. The second kappa shape index (κ2) is 8.59. The molecule has 1 aliphatic rings. The minimum atomic E-state index is -0.232. The van der Waals surface area contributed by atoms with Crippen LogP contribution in [0.3, 0.4) is 0 Å². The highest BCUT2D eigenvalue weighted by molar-refractivity contribution is 5.80. The lowest BCUT2D eigenvalue weighted by Gasteiger charge is -2.23. The topological polar surface area (TPSA) is 65.4 Å². The SMILES string of the molecule is N#Cc1cccc([C@H]2NC(=O)CN2Cc2ccc(OCc3ccccc3)cc2)c1. The van der Waals surface area contributed by atoms with Crippen LogP contribution < -0.4 is 10.1 Å². The summed E-state index contributed by atoms with van der Waals surface area (Å²) in [7, 11) is 0. The van der Waals surface area contributed by atoms with E-state index in [0.717, 1.165) is 22.4 Å². The van der Waals surface area contributed by atoms with Gasteiger partial charge in [-0.15, -0.1) is 0 Å². The van der Waals surface area contributed by atoms with Crippen LogP contribution in [0.4, 0.5) is 0 Å². The van der Waals surface area contributed by atoms with E-state index in [-0.39, 0.29) is 12.1 Å². The molecular weight excluding hydrogens is 362 g/mol. The summed E-state index contributed by atoms with van der Waals surface area (Å²) in [6.45, 7) is 1.48. The Kier molecular flexibility index (Phi) is 5.55. The smallest absolute Gasteiger partial charge is 0.235 e. The van der Waals surface area contributed by atoms with E-state index < -0.39 is 0 Å². The molecule has 5 heteroatoms. The molecule has 1 heterocycles. The predicted octanol–water partition coefficient (Wildman–Crippen LogP) is 3.77. The zero-order chi connectivity index (χ0) is 20.1. The van der Waals surface area contributed by atoms with Gasteiger partial charge in [-0.1, -0.05) is 54.6 Å². The molecule has 5 nitrogen and oxygen atoms in total. The monoisotopic (exact) mass is 383 g/mol. The number of carbonyl (C=O) groups excluding carboxylic acids is 1. The number of nitriles is 1. The molecule has 144 valence electrons. The Morgan fingerprint density at radius 2 is 1.79 bits per heavy atom. The van der Waals surface area contributed by atoms with Gasteiger partial charge in [-0.3, -0.25) is 9.69 Å². The summed E-state index contributed by atoms with van der Waals surface area (Å²) in [6, 6.07) is 27.5. The van der Waals surface area contributed by atoms with Crippen molar-refractivity contribution in [3.8, 4) is 11.8 Å². The standard InChI is InChI=1S/C24H21N3O2/c25-14-20-7-4-8-21(13-20)24-26-23(28)16-27(24)15-18-9-11-22(12-10-18)29-17-19-5-2-1-3-6-19/h1-13,24H,15-17H2,(H,26,28)/t24-/m0/s1. The van der Waals surface area contributed by atoms with Crippen LogP contribution in [0.2, 0.25) is 0 Å². The van der Waals surface area contributed by atoms with Gasteiger partial charge in [-0.2, -0.15) is 5.26 Å². The van der Waals surface area contributed by atoms with E-state index >= 15 is 0 Å². The summed E-state index contributed by atoms with van der Waals surface area (Å²) in [5, 5.41) is 12.1. The fourth-order valence-electron chi connectivity index (χ4n) is 3.45. The molecule has 1 aliphatic heterocycles. The molecule has 1 N–H and O–H groups in total. The van der Waals surface area contributed by atoms with Crippen LogP contribution in [0, 0.1) is 11.3 Å². The number of carbonyl (C=O) groups is 1. The van der Waals surface area contributed by atoms with Crippen molar-refractivity contribution in [2.75, 3.05) is 6.54 Å². The van der Waals surface area contributed by atoms with Crippen LogP contribution in [-0.2, 0) is 17.9 Å². The van der Waals surface area contributed by atoms with Crippen molar-refractivity contribution in [2.45, 2.75) is 19.3 Å². The molecule has 1 saturated heterocycles. The molecule has 0 bridgehead atoms. The number of ether oxygens (including phenoxy) is 1. The van der Waals surface area contributed by atoms with E-state index in [1.165, 1.54) is 0 Å². The number of nitrogens with one attached hydrogen (secondary N) is 1. The third kappa shape index (κ3) is 4.63. The molecule has 0 aliphatic carbocycles. The molecular formula is C24H21N3O2. The average molecular weight is 383 g/mol. The number of amides is 1. The Morgan fingerprint density at radius 1 is 1.00 bits per heavy atom. The first-order valence-corrected chi connectivity index (χ1v) is 9.50. The summed E-state index contributed by atoms with van der Waals surface area (Å²) >= 11 is 0. The van der Waals surface area contributed by atoms with Gasteiger partial charge in [0.25, 0.3) is 0 Å². The Labute approximate surface area is 170 Å². The lowest BCUT2D eigenvalue weighted by molar-refractivity contribution is -0.118. The lowest BCUT2D eigenvalue weighted by Crippen LogP contribution is -2.27. The molecule has 3 aromatic carbocycles. The number of nitrogens with zero attached hydrogens (tertiary/aromatic N) is 2. The molecule has 1 fully saturated rings. The second-order valence-electron chi connectivity index (χ2n) is 7.03. The molecule has 1 amide bonds. The van der Waals surface area contributed by atoms with E-state index in [9.17, 15) is 4.79 Å². The van der Waals surface area contributed by atoms with Crippen LogP contribution >= 0.6 is 0 Å². The third-order valence-electron chi connectivity index (χ3n) is 4.90. The maximum absolute atomic E-state index is 12.0. The van der Waals surface area contributed by atoms with Gasteiger partial charge in [-0.25, -0.2) is 0 Å². The van der Waals surface area contributed by atoms with Gasteiger partial charge in [0.05, 0.1) is 18.2 Å². The van der Waals surface area contributed by atoms with E-state index in [4.69, 9.17) is 10.00 Å². The lowest BCUT2D eigenvalue weighted by atomic mass is 10.1. The number of benzene rings is 3. The Morgan fingerprint density at radius 3 is 2.55 bits per heavy atom. The fraction of sp³-hybridized carbons (Fsp3) is 0.167. The zero-order valence-electron chi connectivity index (χ0n) is 15.9. The minimum Gasteiger partial charge on any atom is -0.489 e. The molecule has 0 radical (unpaired) electrons. The first-order chi connectivity index (χ1) is 14.2. The Balaban J connectivity index is 1.42. The molecule has 0 unspecified atom stereocenters. The van der Waals surface area contributed by atoms with Crippen molar-refractivity contribution in [1.82, 2.24) is 10.2 Å². The summed E-state index contributed by atoms with van der Waals surface area (Å²) in [4.78, 5) is 14.1. The predicted molar refractivity (Wildman–Crippen MR) is 110 cm³/mol. The van der Waals surface area contributed by atoms with Crippen LogP contribution in [-0.4, -0.2) is 17.4 Å². The van der Waals surface area contributed by atoms with E-state index in [2.05, 4.69) is 16.3 Å². The van der Waals surface area contributed by atoms with Crippen molar-refractivity contribution in [3.05, 3.63) is 101 Å². The van der Waals surface area contributed by atoms with Crippen LogP contribution in [0.1, 0.15) is 28.4 Å². The highest BCUT2D eigenvalue weighted by Gasteiger charge is 2.30. The molecule has 29 heavy (non-hydrogen) atoms. The van der Waals surface area contributed by atoms with Gasteiger partial charge >= 0.3 is 0 Å². The quantitative estimate of drug-likeness (QED) is 0.704.